The van der Waals surface area contributed by atoms with Crippen LogP contribution in [-0.4, -0.2) is 47.5 Å². The Kier molecular flexibility index (Phi) is 7.72. The highest BCUT2D eigenvalue weighted by Gasteiger charge is 2.32. The predicted molar refractivity (Wildman–Crippen MR) is 126 cm³/mol. The highest BCUT2D eigenvalue weighted by Crippen LogP contribution is 2.29. The number of aromatic nitrogens is 2. The molecule has 2 aliphatic rings. The van der Waals surface area contributed by atoms with Crippen LogP contribution in [0.2, 0.25) is 0 Å². The number of halogens is 1. The lowest BCUT2D eigenvalue weighted by molar-refractivity contribution is -0.137. The number of hydrogen-bond acceptors (Lipinski definition) is 5. The van der Waals surface area contributed by atoms with Gasteiger partial charge in [0.2, 0.25) is 20.9 Å². The molecule has 1 unspecified atom stereocenters. The van der Waals surface area contributed by atoms with Gasteiger partial charge in [0.1, 0.15) is 5.82 Å². The molecule has 0 spiro atoms. The fraction of sp³-hybridized carbons (Fsp3) is 0.600. The van der Waals surface area contributed by atoms with E-state index in [-0.39, 0.29) is 34.9 Å². The second-order valence-electron chi connectivity index (χ2n) is 9.70. The third-order valence-corrected chi connectivity index (χ3v) is 8.40. The van der Waals surface area contributed by atoms with Crippen molar-refractivity contribution in [1.82, 2.24) is 14.5 Å². The van der Waals surface area contributed by atoms with E-state index >= 15 is 0 Å². The number of benzene rings is 1. The fourth-order valence-corrected chi connectivity index (χ4v) is 6.42. The van der Waals surface area contributed by atoms with Gasteiger partial charge in [-0.25, -0.2) is 17.8 Å². The highest BCUT2D eigenvalue weighted by molar-refractivity contribution is 7.90. The van der Waals surface area contributed by atoms with Crippen LogP contribution < -0.4 is 0 Å². The van der Waals surface area contributed by atoms with E-state index < -0.39 is 15.7 Å². The molecule has 1 amide bonds. The number of nitrogens with zero attached hydrogens (tertiary/aromatic N) is 3. The quantitative estimate of drug-likeness (QED) is 0.528. The molecule has 0 N–H and O–H groups in total. The van der Waals surface area contributed by atoms with E-state index in [4.69, 9.17) is 4.74 Å². The summed E-state index contributed by atoms with van der Waals surface area (Å²) in [6, 6.07) is 5.44. The third-order valence-electron chi connectivity index (χ3n) is 6.80. The summed E-state index contributed by atoms with van der Waals surface area (Å²) in [6.45, 7) is 5.31. The largest absolute Gasteiger partial charge is 0.376 e. The Morgan fingerprint density at radius 1 is 1.18 bits per heavy atom. The summed E-state index contributed by atoms with van der Waals surface area (Å²) in [5, 5.41) is -0.0284. The molecule has 186 valence electrons. The van der Waals surface area contributed by atoms with Gasteiger partial charge in [-0.2, -0.15) is 0 Å². The molecule has 2 heterocycles. The SMILES string of the molecule is CC(C)N(Cc1cnc(S(=O)(=O)Cc2ccc(F)cc2)n1CC1CCCO1)C(=O)C1CCCC1. The minimum absolute atomic E-state index is 0.0153. The normalized spacial score (nSPS) is 19.2. The molecule has 34 heavy (non-hydrogen) atoms. The summed E-state index contributed by atoms with van der Waals surface area (Å²) in [7, 11) is -3.80. The van der Waals surface area contributed by atoms with Crippen molar-refractivity contribution in [3.63, 3.8) is 0 Å². The second kappa shape index (κ2) is 10.6. The van der Waals surface area contributed by atoms with Crippen LogP contribution in [0.25, 0.3) is 0 Å². The molecule has 0 radical (unpaired) electrons. The molecule has 1 atom stereocenters. The Balaban J connectivity index is 1.64. The Hall–Kier alpha value is -2.26. The second-order valence-corrected chi connectivity index (χ2v) is 11.6. The number of carbonyl (C=O) groups excluding carboxylic acids is 1. The van der Waals surface area contributed by atoms with Crippen LogP contribution >= 0.6 is 0 Å². The topological polar surface area (TPSA) is 81.5 Å². The number of ether oxygens (including phenoxy) is 1. The van der Waals surface area contributed by atoms with Gasteiger partial charge in [-0.05, 0) is 57.2 Å². The van der Waals surface area contributed by atoms with Crippen molar-refractivity contribution in [2.45, 2.75) is 88.5 Å². The van der Waals surface area contributed by atoms with Gasteiger partial charge < -0.3 is 14.2 Å². The first-order chi connectivity index (χ1) is 16.2. The lowest BCUT2D eigenvalue weighted by Crippen LogP contribution is -2.40. The number of rotatable bonds is 9. The maximum Gasteiger partial charge on any atom is 0.228 e. The average molecular weight is 492 g/mol. The standard InChI is InChI=1S/C25H34FN3O4S/c1-18(2)28(24(30)20-6-3-4-7-20)15-22-14-27-25(29(22)16-23-8-5-13-33-23)34(31,32)17-19-9-11-21(26)12-10-19/h9-12,14,18,20,23H,3-8,13,15-17H2,1-2H3. The number of amides is 1. The van der Waals surface area contributed by atoms with Crippen LogP contribution in [0.15, 0.2) is 35.6 Å². The summed E-state index contributed by atoms with van der Waals surface area (Å²) in [5.74, 6) is -0.514. The van der Waals surface area contributed by atoms with Crippen LogP contribution in [0.4, 0.5) is 4.39 Å². The van der Waals surface area contributed by atoms with Crippen LogP contribution in [0.5, 0.6) is 0 Å². The molecular weight excluding hydrogens is 457 g/mol. The molecule has 1 aliphatic heterocycles. The molecule has 2 fully saturated rings. The van der Waals surface area contributed by atoms with Gasteiger partial charge in [0.25, 0.3) is 0 Å². The van der Waals surface area contributed by atoms with E-state index in [1.54, 1.807) is 10.8 Å². The molecule has 4 rings (SSSR count). The highest BCUT2D eigenvalue weighted by atomic mass is 32.2. The van der Waals surface area contributed by atoms with Crippen molar-refractivity contribution in [2.75, 3.05) is 6.61 Å². The van der Waals surface area contributed by atoms with Gasteiger partial charge in [0.15, 0.2) is 0 Å². The monoisotopic (exact) mass is 491 g/mol. The zero-order valence-corrected chi connectivity index (χ0v) is 20.8. The zero-order valence-electron chi connectivity index (χ0n) is 20.0. The van der Waals surface area contributed by atoms with E-state index in [1.807, 2.05) is 18.7 Å². The van der Waals surface area contributed by atoms with Crippen molar-refractivity contribution in [3.05, 3.63) is 47.5 Å². The Labute approximate surface area is 201 Å². The van der Waals surface area contributed by atoms with E-state index in [1.165, 1.54) is 24.3 Å². The molecule has 0 bridgehead atoms. The van der Waals surface area contributed by atoms with Crippen LogP contribution in [-0.2, 0) is 38.2 Å². The van der Waals surface area contributed by atoms with E-state index in [9.17, 15) is 17.6 Å². The van der Waals surface area contributed by atoms with Gasteiger partial charge in [0.05, 0.1) is 36.8 Å². The first kappa shape index (κ1) is 24.9. The zero-order chi connectivity index (χ0) is 24.3. The van der Waals surface area contributed by atoms with Crippen LogP contribution in [0.3, 0.4) is 0 Å². The first-order valence-corrected chi connectivity index (χ1v) is 13.8. The number of sulfone groups is 1. The minimum Gasteiger partial charge on any atom is -0.376 e. The minimum atomic E-state index is -3.80. The Morgan fingerprint density at radius 3 is 2.50 bits per heavy atom. The molecule has 9 heteroatoms. The van der Waals surface area contributed by atoms with E-state index in [0.717, 1.165) is 38.5 Å². The average Bonchev–Trinajstić information content (AvgIpc) is 3.56. The predicted octanol–water partition coefficient (Wildman–Crippen LogP) is 4.10. The number of imidazole rings is 1. The Morgan fingerprint density at radius 2 is 1.88 bits per heavy atom. The van der Waals surface area contributed by atoms with E-state index in [2.05, 4.69) is 4.98 Å². The first-order valence-electron chi connectivity index (χ1n) is 12.2. The van der Waals surface area contributed by atoms with Crippen molar-refractivity contribution >= 4 is 15.7 Å². The number of hydrogen-bond donors (Lipinski definition) is 0. The van der Waals surface area contributed by atoms with Gasteiger partial charge in [-0.15, -0.1) is 0 Å². The molecular formula is C25H34FN3O4S. The summed E-state index contributed by atoms with van der Waals surface area (Å²) in [4.78, 5) is 19.4. The van der Waals surface area contributed by atoms with Crippen LogP contribution in [0.1, 0.15) is 63.6 Å². The molecule has 1 aromatic heterocycles. The van der Waals surface area contributed by atoms with Gasteiger partial charge >= 0.3 is 0 Å². The van der Waals surface area contributed by atoms with Gasteiger partial charge in [-0.1, -0.05) is 25.0 Å². The van der Waals surface area contributed by atoms with Crippen molar-refractivity contribution in [2.24, 2.45) is 5.92 Å². The molecule has 1 saturated heterocycles. The molecule has 1 aromatic carbocycles. The van der Waals surface area contributed by atoms with Crippen LogP contribution in [0, 0.1) is 11.7 Å². The molecule has 7 nitrogen and oxygen atoms in total. The van der Waals surface area contributed by atoms with Gasteiger partial charge in [-0.3, -0.25) is 4.79 Å². The summed E-state index contributed by atoms with van der Waals surface area (Å²) in [6.07, 6.45) is 7.24. The Bertz CT molecular complexity index is 1090. The summed E-state index contributed by atoms with van der Waals surface area (Å²) in [5.41, 5.74) is 1.18. The van der Waals surface area contributed by atoms with Crippen molar-refractivity contribution in [1.29, 1.82) is 0 Å². The fourth-order valence-electron chi connectivity index (χ4n) is 4.92. The molecule has 1 saturated carbocycles. The van der Waals surface area contributed by atoms with Gasteiger partial charge in [0, 0.05) is 18.6 Å². The summed E-state index contributed by atoms with van der Waals surface area (Å²) >= 11 is 0. The van der Waals surface area contributed by atoms with Crippen molar-refractivity contribution < 1.29 is 22.3 Å². The van der Waals surface area contributed by atoms with Crippen molar-refractivity contribution in [3.8, 4) is 0 Å². The lowest BCUT2D eigenvalue weighted by atomic mass is 10.1. The molecule has 2 aromatic rings. The smallest absolute Gasteiger partial charge is 0.228 e. The third kappa shape index (κ3) is 5.68. The number of carbonyl (C=O) groups is 1. The lowest BCUT2D eigenvalue weighted by Gasteiger charge is -2.30. The molecule has 1 aliphatic carbocycles. The maximum atomic E-state index is 13.4. The summed E-state index contributed by atoms with van der Waals surface area (Å²) < 4.78 is 47.5. The maximum absolute atomic E-state index is 13.4. The van der Waals surface area contributed by atoms with E-state index in [0.29, 0.717) is 31.0 Å².